The van der Waals surface area contributed by atoms with Gasteiger partial charge in [-0.15, -0.1) is 6.58 Å². The lowest BCUT2D eigenvalue weighted by Gasteiger charge is -2.27. The van der Waals surface area contributed by atoms with E-state index < -0.39 is 0 Å². The highest BCUT2D eigenvalue weighted by Gasteiger charge is 2.18. The predicted octanol–water partition coefficient (Wildman–Crippen LogP) is 3.20. The van der Waals surface area contributed by atoms with E-state index in [9.17, 15) is 0 Å². The lowest BCUT2D eigenvalue weighted by molar-refractivity contribution is -0.908. The van der Waals surface area contributed by atoms with Gasteiger partial charge in [-0.05, 0) is 50.2 Å². The van der Waals surface area contributed by atoms with E-state index >= 15 is 0 Å². The van der Waals surface area contributed by atoms with Crippen molar-refractivity contribution < 1.29 is 9.64 Å². The molecule has 0 saturated carbocycles. The van der Waals surface area contributed by atoms with Crippen LogP contribution in [-0.4, -0.2) is 26.2 Å². The van der Waals surface area contributed by atoms with Crippen LogP contribution in [-0.2, 0) is 6.42 Å². The van der Waals surface area contributed by atoms with Gasteiger partial charge >= 0.3 is 0 Å². The molecule has 0 bridgehead atoms. The van der Waals surface area contributed by atoms with Crippen molar-refractivity contribution in [2.24, 2.45) is 5.92 Å². The summed E-state index contributed by atoms with van der Waals surface area (Å²) in [7, 11) is 0. The van der Waals surface area contributed by atoms with E-state index in [-0.39, 0.29) is 0 Å². The molecule has 1 unspecified atom stereocenters. The minimum atomic E-state index is 0.831. The van der Waals surface area contributed by atoms with Crippen molar-refractivity contribution in [2.75, 3.05) is 26.2 Å². The Morgan fingerprint density at radius 3 is 3.00 bits per heavy atom. The van der Waals surface area contributed by atoms with Crippen molar-refractivity contribution in [3.63, 3.8) is 0 Å². The van der Waals surface area contributed by atoms with E-state index in [1.807, 2.05) is 6.08 Å². The normalized spacial score (nSPS) is 21.5. The van der Waals surface area contributed by atoms with Crippen LogP contribution in [0.15, 0.2) is 30.9 Å². The van der Waals surface area contributed by atoms with E-state index in [1.54, 1.807) is 4.90 Å². The fraction of sp³-hybridized carbons (Fsp3) is 0.600. The molecule has 1 heterocycles. The number of nitrogens with one attached hydrogen (secondary N) is 1. The summed E-state index contributed by atoms with van der Waals surface area (Å²) in [4.78, 5) is 1.79. The number of aryl methyl sites for hydroxylation is 1. The molecule has 0 aromatic heterocycles. The molecule has 1 aromatic carbocycles. The highest BCUT2D eigenvalue weighted by molar-refractivity contribution is 5.41. The molecule has 0 amide bonds. The lowest BCUT2D eigenvalue weighted by Crippen LogP contribution is -3.13. The zero-order valence-corrected chi connectivity index (χ0v) is 14.4. The third-order valence-corrected chi connectivity index (χ3v) is 4.69. The van der Waals surface area contributed by atoms with Gasteiger partial charge in [0.05, 0.1) is 26.2 Å². The summed E-state index contributed by atoms with van der Waals surface area (Å²) < 4.78 is 6.07. The van der Waals surface area contributed by atoms with Crippen LogP contribution in [0.2, 0.25) is 0 Å². The largest absolute Gasteiger partial charge is 0.493 e. The molecule has 1 aliphatic rings. The first-order chi connectivity index (χ1) is 10.7. The van der Waals surface area contributed by atoms with Crippen molar-refractivity contribution in [1.82, 2.24) is 0 Å². The molecule has 2 heteroatoms. The monoisotopic (exact) mass is 302 g/mol. The summed E-state index contributed by atoms with van der Waals surface area (Å²) in [5.74, 6) is 1.98. The average Bonchev–Trinajstić information content (AvgIpc) is 2.50. The second-order valence-corrected chi connectivity index (χ2v) is 6.81. The third-order valence-electron chi connectivity index (χ3n) is 4.69. The number of piperidine rings is 1. The maximum Gasteiger partial charge on any atom is 0.125 e. The SMILES string of the molecule is C=CCc1cccc(C)c1OCCCC[NH+]1CCC[C@H](C)C1. The van der Waals surface area contributed by atoms with Crippen LogP contribution in [0.25, 0.3) is 0 Å². The van der Waals surface area contributed by atoms with E-state index in [2.05, 4.69) is 38.6 Å². The molecule has 1 aliphatic heterocycles. The number of unbranched alkanes of at least 4 members (excludes halogenated alkanes) is 1. The number of likely N-dealkylation sites (tertiary alicyclic amines) is 1. The Kier molecular flexibility index (Phi) is 6.98. The maximum atomic E-state index is 6.07. The first-order valence-corrected chi connectivity index (χ1v) is 8.86. The number of quaternary nitrogens is 1. The number of benzene rings is 1. The first-order valence-electron chi connectivity index (χ1n) is 8.86. The van der Waals surface area contributed by atoms with E-state index in [0.29, 0.717) is 0 Å². The second-order valence-electron chi connectivity index (χ2n) is 6.81. The second kappa shape index (κ2) is 8.99. The van der Waals surface area contributed by atoms with Crippen LogP contribution in [0.5, 0.6) is 5.75 Å². The van der Waals surface area contributed by atoms with Gasteiger partial charge in [0.1, 0.15) is 5.75 Å². The van der Waals surface area contributed by atoms with Crippen molar-refractivity contribution in [3.05, 3.63) is 42.0 Å². The smallest absolute Gasteiger partial charge is 0.125 e. The topological polar surface area (TPSA) is 13.7 Å². The molecular weight excluding hydrogens is 270 g/mol. The predicted molar refractivity (Wildman–Crippen MR) is 93.8 cm³/mol. The highest BCUT2D eigenvalue weighted by atomic mass is 16.5. The van der Waals surface area contributed by atoms with E-state index in [4.69, 9.17) is 4.74 Å². The summed E-state index contributed by atoms with van der Waals surface area (Å²) >= 11 is 0. The van der Waals surface area contributed by atoms with Crippen molar-refractivity contribution in [3.8, 4) is 5.75 Å². The summed E-state index contributed by atoms with van der Waals surface area (Å²) in [5, 5.41) is 0. The summed E-state index contributed by atoms with van der Waals surface area (Å²) in [6, 6.07) is 6.37. The van der Waals surface area contributed by atoms with Gasteiger partial charge in [-0.3, -0.25) is 0 Å². The molecule has 1 fully saturated rings. The first kappa shape index (κ1) is 17.1. The molecule has 0 aliphatic carbocycles. The van der Waals surface area contributed by atoms with Crippen LogP contribution in [0.4, 0.5) is 0 Å². The molecule has 2 atom stereocenters. The summed E-state index contributed by atoms with van der Waals surface area (Å²) in [6.07, 6.45) is 8.08. The zero-order chi connectivity index (χ0) is 15.8. The van der Waals surface area contributed by atoms with Crippen LogP contribution in [0.1, 0.15) is 43.7 Å². The molecule has 2 nitrogen and oxygen atoms in total. The zero-order valence-electron chi connectivity index (χ0n) is 14.4. The Morgan fingerprint density at radius 2 is 2.23 bits per heavy atom. The van der Waals surface area contributed by atoms with Crippen LogP contribution >= 0.6 is 0 Å². The number of hydrogen-bond acceptors (Lipinski definition) is 1. The molecule has 0 radical (unpaired) electrons. The average molecular weight is 302 g/mol. The van der Waals surface area contributed by atoms with Gasteiger partial charge in [0, 0.05) is 5.92 Å². The number of para-hydroxylation sites is 1. The summed E-state index contributed by atoms with van der Waals surface area (Å²) in [5.41, 5.74) is 2.49. The Morgan fingerprint density at radius 1 is 1.36 bits per heavy atom. The van der Waals surface area contributed by atoms with Gasteiger partial charge in [-0.25, -0.2) is 0 Å². The number of ether oxygens (including phenoxy) is 1. The quantitative estimate of drug-likeness (QED) is 0.575. The van der Waals surface area contributed by atoms with Gasteiger partial charge in [-0.2, -0.15) is 0 Å². The standard InChI is InChI=1S/C20H31NO/c1-4-9-19-12-7-11-18(3)20(19)22-15-6-5-13-21-14-8-10-17(2)16-21/h4,7,11-12,17H,1,5-6,8-10,13-16H2,2-3H3/p+1/t17-/m0/s1. The van der Waals surface area contributed by atoms with Gasteiger partial charge < -0.3 is 9.64 Å². The van der Waals surface area contributed by atoms with Gasteiger partial charge in [0.2, 0.25) is 0 Å². The number of rotatable bonds is 8. The Labute approximate surface area is 136 Å². The molecule has 2 rings (SSSR count). The Bertz CT molecular complexity index is 469. The molecule has 1 saturated heterocycles. The Balaban J connectivity index is 1.71. The number of hydrogen-bond donors (Lipinski definition) is 1. The molecule has 1 aromatic rings. The lowest BCUT2D eigenvalue weighted by atomic mass is 10.0. The van der Waals surface area contributed by atoms with Crippen LogP contribution < -0.4 is 9.64 Å². The minimum absolute atomic E-state index is 0.831. The fourth-order valence-electron chi connectivity index (χ4n) is 3.51. The highest BCUT2D eigenvalue weighted by Crippen LogP contribution is 2.24. The molecule has 1 N–H and O–H groups in total. The van der Waals surface area contributed by atoms with Gasteiger partial charge in [-0.1, -0.05) is 31.2 Å². The van der Waals surface area contributed by atoms with E-state index in [0.717, 1.165) is 31.1 Å². The molecular formula is C20H32NO+. The van der Waals surface area contributed by atoms with Crippen LogP contribution in [0.3, 0.4) is 0 Å². The minimum Gasteiger partial charge on any atom is -0.493 e. The van der Waals surface area contributed by atoms with Crippen LogP contribution in [0, 0.1) is 12.8 Å². The molecule has 22 heavy (non-hydrogen) atoms. The van der Waals surface area contributed by atoms with Gasteiger partial charge in [0.25, 0.3) is 0 Å². The third kappa shape index (κ3) is 5.17. The number of allylic oxidation sites excluding steroid dienone is 1. The van der Waals surface area contributed by atoms with E-state index in [1.165, 1.54) is 50.0 Å². The molecule has 0 spiro atoms. The fourth-order valence-corrected chi connectivity index (χ4v) is 3.51. The maximum absolute atomic E-state index is 6.07. The van der Waals surface area contributed by atoms with Crippen molar-refractivity contribution >= 4 is 0 Å². The summed E-state index contributed by atoms with van der Waals surface area (Å²) in [6.45, 7) is 13.2. The van der Waals surface area contributed by atoms with Crippen molar-refractivity contribution in [2.45, 2.75) is 46.0 Å². The van der Waals surface area contributed by atoms with Gasteiger partial charge in [0.15, 0.2) is 0 Å². The molecule has 122 valence electrons. The Hall–Kier alpha value is -1.28. The van der Waals surface area contributed by atoms with Crippen molar-refractivity contribution in [1.29, 1.82) is 0 Å².